The monoisotopic (exact) mass is 512 g/mol. The van der Waals surface area contributed by atoms with Gasteiger partial charge in [-0.2, -0.15) is 0 Å². The Morgan fingerprint density at radius 3 is 1.90 bits per heavy atom. The molecule has 0 atom stereocenters. The van der Waals surface area contributed by atoms with Crippen molar-refractivity contribution in [2.75, 3.05) is 10.2 Å². The number of nitrogens with zero attached hydrogens (tertiary/aromatic N) is 1. The molecule has 1 aliphatic heterocycles. The van der Waals surface area contributed by atoms with Gasteiger partial charge < -0.3 is 5.32 Å². The topological polar surface area (TPSA) is 66.5 Å². The highest BCUT2D eigenvalue weighted by atomic mass is 35.5. The van der Waals surface area contributed by atoms with E-state index < -0.39 is 17.7 Å². The number of hydrogen-bond acceptors (Lipinski definition) is 3. The molecule has 0 bridgehead atoms. The SMILES string of the molecule is O=C(Nc1cccc(Cl)c1)c1cccc(N2C(=O)c3c(Cl)c(Cl)c(Cl)c(Cl)c3C2=O)c1. The summed E-state index contributed by atoms with van der Waals surface area (Å²) in [6, 6.07) is 12.6. The van der Waals surface area contributed by atoms with Gasteiger partial charge in [-0.05, 0) is 36.4 Å². The van der Waals surface area contributed by atoms with Crippen molar-refractivity contribution >= 4 is 87.1 Å². The lowest BCUT2D eigenvalue weighted by Crippen LogP contribution is -2.29. The van der Waals surface area contributed by atoms with Crippen LogP contribution in [0.2, 0.25) is 25.1 Å². The van der Waals surface area contributed by atoms with E-state index in [2.05, 4.69) is 5.32 Å². The molecule has 0 saturated heterocycles. The summed E-state index contributed by atoms with van der Waals surface area (Å²) in [6.45, 7) is 0. The number of imide groups is 1. The zero-order valence-electron chi connectivity index (χ0n) is 15.2. The lowest BCUT2D eigenvalue weighted by molar-refractivity contribution is 0.0924. The number of nitrogens with one attached hydrogen (secondary N) is 1. The van der Waals surface area contributed by atoms with Crippen molar-refractivity contribution in [3.05, 3.63) is 90.3 Å². The number of halogens is 5. The van der Waals surface area contributed by atoms with Gasteiger partial charge in [0.15, 0.2) is 0 Å². The van der Waals surface area contributed by atoms with Crippen LogP contribution >= 0.6 is 58.0 Å². The van der Waals surface area contributed by atoms with E-state index in [0.717, 1.165) is 4.90 Å². The van der Waals surface area contributed by atoms with E-state index in [1.165, 1.54) is 24.3 Å². The van der Waals surface area contributed by atoms with Crippen LogP contribution in [0.3, 0.4) is 0 Å². The van der Waals surface area contributed by atoms with Gasteiger partial charge in [0.05, 0.1) is 36.9 Å². The lowest BCUT2D eigenvalue weighted by Gasteiger charge is -2.15. The molecular weight excluding hydrogens is 506 g/mol. The Balaban J connectivity index is 1.70. The van der Waals surface area contributed by atoms with Gasteiger partial charge in [0.25, 0.3) is 17.7 Å². The molecule has 0 saturated carbocycles. The van der Waals surface area contributed by atoms with Crippen LogP contribution < -0.4 is 10.2 Å². The number of carbonyl (C=O) groups excluding carboxylic acids is 3. The number of amides is 3. The molecule has 31 heavy (non-hydrogen) atoms. The molecule has 0 aromatic heterocycles. The van der Waals surface area contributed by atoms with E-state index in [1.807, 2.05) is 0 Å². The van der Waals surface area contributed by atoms with E-state index in [4.69, 9.17) is 58.0 Å². The van der Waals surface area contributed by atoms with Gasteiger partial charge in [-0.1, -0.05) is 70.1 Å². The summed E-state index contributed by atoms with van der Waals surface area (Å²) in [6.07, 6.45) is 0. The van der Waals surface area contributed by atoms with Crippen molar-refractivity contribution in [2.45, 2.75) is 0 Å². The smallest absolute Gasteiger partial charge is 0.267 e. The summed E-state index contributed by atoms with van der Waals surface area (Å²) < 4.78 is 0. The van der Waals surface area contributed by atoms with Gasteiger partial charge >= 0.3 is 0 Å². The van der Waals surface area contributed by atoms with Crippen LogP contribution in [0.4, 0.5) is 11.4 Å². The molecule has 0 fully saturated rings. The maximum Gasteiger partial charge on any atom is 0.267 e. The van der Waals surface area contributed by atoms with Gasteiger partial charge in [-0.15, -0.1) is 0 Å². The molecule has 3 aromatic carbocycles. The van der Waals surface area contributed by atoms with Gasteiger partial charge in [0.1, 0.15) is 0 Å². The van der Waals surface area contributed by atoms with Crippen LogP contribution in [-0.4, -0.2) is 17.7 Å². The van der Waals surface area contributed by atoms with Crippen molar-refractivity contribution in [3.8, 4) is 0 Å². The molecule has 3 amide bonds. The van der Waals surface area contributed by atoms with Crippen molar-refractivity contribution in [1.29, 1.82) is 0 Å². The van der Waals surface area contributed by atoms with Crippen molar-refractivity contribution in [2.24, 2.45) is 0 Å². The molecule has 0 unspecified atom stereocenters. The Labute approximate surface area is 201 Å². The second-order valence-electron chi connectivity index (χ2n) is 6.47. The first-order valence-corrected chi connectivity index (χ1v) is 10.5. The summed E-state index contributed by atoms with van der Waals surface area (Å²) in [5.41, 5.74) is 0.581. The second-order valence-corrected chi connectivity index (χ2v) is 8.41. The fraction of sp³-hybridized carbons (Fsp3) is 0. The third-order valence-corrected chi connectivity index (χ3v) is 6.59. The van der Waals surface area contributed by atoms with Gasteiger partial charge in [0.2, 0.25) is 0 Å². The zero-order chi connectivity index (χ0) is 22.4. The first-order valence-electron chi connectivity index (χ1n) is 8.62. The predicted octanol–water partition coefficient (Wildman–Crippen LogP) is 7.01. The van der Waals surface area contributed by atoms with Crippen LogP contribution in [0, 0.1) is 0 Å². The van der Waals surface area contributed by atoms with Crippen molar-refractivity contribution < 1.29 is 14.4 Å². The third kappa shape index (κ3) is 3.77. The number of hydrogen-bond donors (Lipinski definition) is 1. The van der Waals surface area contributed by atoms with Crippen LogP contribution in [0.25, 0.3) is 0 Å². The molecule has 1 heterocycles. The second kappa shape index (κ2) is 8.34. The van der Waals surface area contributed by atoms with Gasteiger partial charge in [-0.3, -0.25) is 14.4 Å². The average molecular weight is 515 g/mol. The van der Waals surface area contributed by atoms with E-state index in [1.54, 1.807) is 24.3 Å². The van der Waals surface area contributed by atoms with Crippen LogP contribution in [-0.2, 0) is 0 Å². The Hall–Kier alpha value is -2.28. The molecule has 1 N–H and O–H groups in total. The summed E-state index contributed by atoms with van der Waals surface area (Å²) in [4.78, 5) is 39.5. The molecule has 0 radical (unpaired) electrons. The van der Waals surface area contributed by atoms with E-state index >= 15 is 0 Å². The van der Waals surface area contributed by atoms with Crippen molar-refractivity contribution in [3.63, 3.8) is 0 Å². The van der Waals surface area contributed by atoms with E-state index in [0.29, 0.717) is 10.7 Å². The Morgan fingerprint density at radius 1 is 0.742 bits per heavy atom. The van der Waals surface area contributed by atoms with Gasteiger partial charge in [0, 0.05) is 16.3 Å². The lowest BCUT2D eigenvalue weighted by atomic mass is 10.1. The minimum atomic E-state index is -0.724. The molecule has 3 aromatic rings. The first-order chi connectivity index (χ1) is 14.7. The van der Waals surface area contributed by atoms with Crippen LogP contribution in [0.1, 0.15) is 31.1 Å². The normalized spacial score (nSPS) is 12.9. The quantitative estimate of drug-likeness (QED) is 0.232. The first kappa shape index (κ1) is 21.9. The summed E-state index contributed by atoms with van der Waals surface area (Å²) in [5, 5.41) is 2.59. The Kier molecular flexibility index (Phi) is 5.90. The summed E-state index contributed by atoms with van der Waals surface area (Å²) >= 11 is 30.3. The predicted molar refractivity (Wildman–Crippen MR) is 123 cm³/mol. The van der Waals surface area contributed by atoms with E-state index in [-0.39, 0.29) is 42.5 Å². The van der Waals surface area contributed by atoms with Crippen molar-refractivity contribution in [1.82, 2.24) is 0 Å². The average Bonchev–Trinajstić information content (AvgIpc) is 3.01. The standard InChI is InChI=1S/C21H9Cl5N2O3/c22-10-4-2-5-11(8-10)27-19(29)9-3-1-6-12(7-9)28-20(30)13-14(21(28)31)16(24)18(26)17(25)15(13)23/h1-8H,(H,27,29). The highest BCUT2D eigenvalue weighted by Crippen LogP contribution is 2.45. The molecule has 4 rings (SSSR count). The molecule has 0 spiro atoms. The number of anilines is 2. The minimum Gasteiger partial charge on any atom is -0.322 e. The maximum atomic E-state index is 13.0. The molecule has 0 aliphatic carbocycles. The Morgan fingerprint density at radius 2 is 1.32 bits per heavy atom. The largest absolute Gasteiger partial charge is 0.322 e. The number of carbonyl (C=O) groups is 3. The maximum absolute atomic E-state index is 13.0. The molecular formula is C21H9Cl5N2O3. The Bertz CT molecular complexity index is 1250. The number of fused-ring (bicyclic) bond motifs is 1. The third-order valence-electron chi connectivity index (χ3n) is 4.55. The summed E-state index contributed by atoms with van der Waals surface area (Å²) in [5.74, 6) is -1.90. The minimum absolute atomic E-state index is 0.121. The number of rotatable bonds is 3. The van der Waals surface area contributed by atoms with Crippen LogP contribution in [0.15, 0.2) is 48.5 Å². The highest BCUT2D eigenvalue weighted by Gasteiger charge is 2.42. The van der Waals surface area contributed by atoms with Gasteiger partial charge in [-0.25, -0.2) is 4.90 Å². The molecule has 10 heteroatoms. The highest BCUT2D eigenvalue weighted by molar-refractivity contribution is 6.56. The van der Waals surface area contributed by atoms with Crippen LogP contribution in [0.5, 0.6) is 0 Å². The van der Waals surface area contributed by atoms with E-state index in [9.17, 15) is 14.4 Å². The zero-order valence-corrected chi connectivity index (χ0v) is 19.0. The fourth-order valence-electron chi connectivity index (χ4n) is 3.14. The molecule has 156 valence electrons. The molecule has 1 aliphatic rings. The molecule has 5 nitrogen and oxygen atoms in total. The fourth-order valence-corrected chi connectivity index (χ4v) is 4.34. The number of benzene rings is 3. The summed E-state index contributed by atoms with van der Waals surface area (Å²) in [7, 11) is 0.